The van der Waals surface area contributed by atoms with E-state index in [0.717, 1.165) is 5.82 Å². The third-order valence-electron chi connectivity index (χ3n) is 3.05. The number of guanidine groups is 1. The van der Waals surface area contributed by atoms with Gasteiger partial charge in [0.1, 0.15) is 12.9 Å². The van der Waals surface area contributed by atoms with E-state index in [2.05, 4.69) is 25.8 Å². The third kappa shape index (κ3) is 6.69. The van der Waals surface area contributed by atoms with Gasteiger partial charge < -0.3 is 19.9 Å². The second-order valence-corrected chi connectivity index (χ2v) is 6.01. The van der Waals surface area contributed by atoms with Crippen LogP contribution >= 0.6 is 58.8 Å². The molecule has 2 rings (SSSR count). The second-order valence-electron chi connectivity index (χ2n) is 4.76. The van der Waals surface area contributed by atoms with Gasteiger partial charge in [-0.2, -0.15) is 0 Å². The van der Waals surface area contributed by atoms with Gasteiger partial charge in [0.2, 0.25) is 0 Å². The molecule has 138 valence electrons. The van der Waals surface area contributed by atoms with Gasteiger partial charge in [-0.1, -0.05) is 34.8 Å². The van der Waals surface area contributed by atoms with E-state index >= 15 is 0 Å². The number of nitrogens with zero attached hydrogens (tertiary/aromatic N) is 4. The number of ether oxygens (including phenoxy) is 1. The average Bonchev–Trinajstić information content (AvgIpc) is 2.93. The SMILES string of the molecule is CN=C(NCCOc1c(Cl)cc(Cl)cc1Cl)NCc1nncn1C.I. The Balaban J connectivity index is 0.00000312. The monoisotopic (exact) mass is 518 g/mol. The number of aromatic nitrogens is 3. The highest BCUT2D eigenvalue weighted by Crippen LogP contribution is 2.35. The maximum atomic E-state index is 6.06. The largest absolute Gasteiger partial charge is 0.489 e. The molecule has 0 saturated heterocycles. The number of hydrogen-bond acceptors (Lipinski definition) is 4. The number of aryl methyl sites for hydroxylation is 1. The van der Waals surface area contributed by atoms with Gasteiger partial charge in [0, 0.05) is 19.1 Å². The van der Waals surface area contributed by atoms with E-state index in [9.17, 15) is 0 Å². The first-order valence-corrected chi connectivity index (χ1v) is 8.19. The fourth-order valence-electron chi connectivity index (χ4n) is 1.84. The van der Waals surface area contributed by atoms with Crippen LogP contribution in [0.5, 0.6) is 5.75 Å². The first-order chi connectivity index (χ1) is 11.5. The Hall–Kier alpha value is -0.970. The highest BCUT2D eigenvalue weighted by Gasteiger charge is 2.09. The maximum absolute atomic E-state index is 6.06. The zero-order chi connectivity index (χ0) is 17.5. The fourth-order valence-corrected chi connectivity index (χ4v) is 2.77. The van der Waals surface area contributed by atoms with Gasteiger partial charge in [-0.25, -0.2) is 0 Å². The molecule has 7 nitrogen and oxygen atoms in total. The summed E-state index contributed by atoms with van der Waals surface area (Å²) < 4.78 is 7.42. The Labute approximate surface area is 178 Å². The minimum absolute atomic E-state index is 0. The maximum Gasteiger partial charge on any atom is 0.191 e. The van der Waals surface area contributed by atoms with Gasteiger partial charge in [-0.3, -0.25) is 4.99 Å². The molecule has 0 fully saturated rings. The topological polar surface area (TPSA) is 76.4 Å². The zero-order valence-corrected chi connectivity index (χ0v) is 18.2. The molecule has 1 aromatic heterocycles. The molecule has 25 heavy (non-hydrogen) atoms. The van der Waals surface area contributed by atoms with Crippen LogP contribution in [-0.2, 0) is 13.6 Å². The van der Waals surface area contributed by atoms with E-state index in [0.29, 0.717) is 46.5 Å². The standard InChI is InChI=1S/C14H17Cl3N6O.HI/c1-18-14(20-7-12-22-21-8-23(12)2)19-3-4-24-13-10(16)5-9(15)6-11(13)17;/h5-6,8H,3-4,7H2,1-2H3,(H2,18,19,20);1H. The number of nitrogens with one attached hydrogen (secondary N) is 2. The van der Waals surface area contributed by atoms with Crippen molar-refractivity contribution >= 4 is 64.7 Å². The van der Waals surface area contributed by atoms with Crippen LogP contribution in [0.25, 0.3) is 0 Å². The molecule has 0 aliphatic carbocycles. The molecule has 0 saturated carbocycles. The smallest absolute Gasteiger partial charge is 0.191 e. The number of benzene rings is 1. The number of rotatable bonds is 6. The Morgan fingerprint density at radius 3 is 2.48 bits per heavy atom. The summed E-state index contributed by atoms with van der Waals surface area (Å²) in [7, 11) is 3.56. The van der Waals surface area contributed by atoms with Gasteiger partial charge >= 0.3 is 0 Å². The predicted molar refractivity (Wildman–Crippen MR) is 112 cm³/mol. The predicted octanol–water partition coefficient (Wildman–Crippen LogP) is 3.14. The molecular weight excluding hydrogens is 501 g/mol. The molecule has 2 aromatic rings. The van der Waals surface area contributed by atoms with E-state index < -0.39 is 0 Å². The molecule has 0 unspecified atom stereocenters. The first-order valence-electron chi connectivity index (χ1n) is 7.06. The minimum atomic E-state index is 0. The van der Waals surface area contributed by atoms with Gasteiger partial charge in [-0.05, 0) is 12.1 Å². The minimum Gasteiger partial charge on any atom is -0.489 e. The van der Waals surface area contributed by atoms with Crippen molar-refractivity contribution in [3.05, 3.63) is 39.4 Å². The van der Waals surface area contributed by atoms with E-state index in [4.69, 9.17) is 39.5 Å². The summed E-state index contributed by atoms with van der Waals surface area (Å²) in [6, 6.07) is 3.16. The van der Waals surface area contributed by atoms with Crippen molar-refractivity contribution in [1.82, 2.24) is 25.4 Å². The molecule has 1 aromatic carbocycles. The van der Waals surface area contributed by atoms with Gasteiger partial charge in [0.05, 0.1) is 23.1 Å². The van der Waals surface area contributed by atoms with Crippen LogP contribution in [0.3, 0.4) is 0 Å². The van der Waals surface area contributed by atoms with Crippen molar-refractivity contribution in [3.8, 4) is 5.75 Å². The van der Waals surface area contributed by atoms with Gasteiger partial charge in [0.25, 0.3) is 0 Å². The summed E-state index contributed by atoms with van der Waals surface area (Å²) >= 11 is 18.0. The lowest BCUT2D eigenvalue weighted by molar-refractivity contribution is 0.322. The molecule has 0 aliphatic heterocycles. The summed E-state index contributed by atoms with van der Waals surface area (Å²) in [5.74, 6) is 1.83. The van der Waals surface area contributed by atoms with E-state index in [1.54, 1.807) is 25.5 Å². The Kier molecular flexibility index (Phi) is 9.62. The van der Waals surface area contributed by atoms with E-state index in [-0.39, 0.29) is 24.0 Å². The summed E-state index contributed by atoms with van der Waals surface area (Å²) in [6.45, 7) is 1.37. The number of hydrogen-bond donors (Lipinski definition) is 2. The van der Waals surface area contributed by atoms with Crippen molar-refractivity contribution in [2.45, 2.75) is 6.54 Å². The molecular formula is C14H18Cl3IN6O. The Morgan fingerprint density at radius 1 is 1.24 bits per heavy atom. The summed E-state index contributed by atoms with van der Waals surface area (Å²) in [4.78, 5) is 4.12. The molecule has 0 atom stereocenters. The number of halogens is 4. The molecule has 2 N–H and O–H groups in total. The average molecular weight is 520 g/mol. The quantitative estimate of drug-likeness (QED) is 0.266. The van der Waals surface area contributed by atoms with Crippen molar-refractivity contribution in [1.29, 1.82) is 0 Å². The lowest BCUT2D eigenvalue weighted by Gasteiger charge is -2.13. The summed E-state index contributed by atoms with van der Waals surface area (Å²) in [6.07, 6.45) is 1.64. The summed E-state index contributed by atoms with van der Waals surface area (Å²) in [5.41, 5.74) is 0. The fraction of sp³-hybridized carbons (Fsp3) is 0.357. The summed E-state index contributed by atoms with van der Waals surface area (Å²) in [5, 5.41) is 15.3. The van der Waals surface area contributed by atoms with Crippen molar-refractivity contribution in [2.75, 3.05) is 20.2 Å². The van der Waals surface area contributed by atoms with Crippen LogP contribution in [0.15, 0.2) is 23.5 Å². The van der Waals surface area contributed by atoms with E-state index in [1.807, 2.05) is 11.6 Å². The van der Waals surface area contributed by atoms with Crippen LogP contribution in [0.2, 0.25) is 15.1 Å². The molecule has 0 spiro atoms. The molecule has 1 heterocycles. The molecule has 0 amide bonds. The molecule has 0 bridgehead atoms. The van der Waals surface area contributed by atoms with Crippen LogP contribution in [0.1, 0.15) is 5.82 Å². The first kappa shape index (κ1) is 22.1. The Bertz CT molecular complexity index is 701. The second kappa shape index (κ2) is 10.9. The highest BCUT2D eigenvalue weighted by molar-refractivity contribution is 14.0. The van der Waals surface area contributed by atoms with Gasteiger partial charge in [0.15, 0.2) is 17.5 Å². The Morgan fingerprint density at radius 2 is 1.92 bits per heavy atom. The number of aliphatic imine (C=N–C) groups is 1. The third-order valence-corrected chi connectivity index (χ3v) is 3.83. The van der Waals surface area contributed by atoms with Crippen molar-refractivity contribution in [2.24, 2.45) is 12.0 Å². The van der Waals surface area contributed by atoms with Crippen LogP contribution < -0.4 is 15.4 Å². The van der Waals surface area contributed by atoms with E-state index in [1.165, 1.54) is 0 Å². The lowest BCUT2D eigenvalue weighted by Crippen LogP contribution is -2.39. The lowest BCUT2D eigenvalue weighted by atomic mass is 10.3. The normalized spacial score (nSPS) is 11.0. The van der Waals surface area contributed by atoms with Crippen LogP contribution in [-0.4, -0.2) is 40.9 Å². The molecule has 0 aliphatic rings. The highest BCUT2D eigenvalue weighted by atomic mass is 127. The van der Waals surface area contributed by atoms with Crippen LogP contribution in [0, 0.1) is 0 Å². The molecule has 0 radical (unpaired) electrons. The molecule has 11 heteroatoms. The van der Waals surface area contributed by atoms with Crippen LogP contribution in [0.4, 0.5) is 0 Å². The zero-order valence-electron chi connectivity index (χ0n) is 13.6. The van der Waals surface area contributed by atoms with Gasteiger partial charge in [-0.15, -0.1) is 34.2 Å². The van der Waals surface area contributed by atoms with Crippen molar-refractivity contribution in [3.63, 3.8) is 0 Å². The van der Waals surface area contributed by atoms with Crippen molar-refractivity contribution < 1.29 is 4.74 Å².